The molecule has 2 heterocycles. The molecular formula is C22H23ClN4O3. The van der Waals surface area contributed by atoms with E-state index in [9.17, 15) is 9.59 Å². The molecule has 0 aliphatic heterocycles. The minimum atomic E-state index is -0.439. The van der Waals surface area contributed by atoms with Crippen LogP contribution in [0.2, 0.25) is 5.02 Å². The number of nitrogens with one attached hydrogen (secondary N) is 2. The second-order valence-corrected chi connectivity index (χ2v) is 8.82. The Labute approximate surface area is 179 Å². The van der Waals surface area contributed by atoms with Gasteiger partial charge in [-0.1, -0.05) is 11.6 Å². The molecule has 30 heavy (non-hydrogen) atoms. The summed E-state index contributed by atoms with van der Waals surface area (Å²) < 4.78 is 7.05. The Morgan fingerprint density at radius 1 is 1.10 bits per heavy atom. The fourth-order valence-corrected chi connectivity index (χ4v) is 3.39. The highest BCUT2D eigenvalue weighted by Crippen LogP contribution is 2.41. The molecule has 8 heteroatoms. The van der Waals surface area contributed by atoms with E-state index >= 15 is 0 Å². The van der Waals surface area contributed by atoms with Crippen LogP contribution in [0.3, 0.4) is 0 Å². The number of halogens is 1. The largest absolute Gasteiger partial charge is 0.459 e. The first-order chi connectivity index (χ1) is 14.2. The number of hydrogen-bond acceptors (Lipinski definition) is 4. The topological polar surface area (TPSA) is 89.2 Å². The van der Waals surface area contributed by atoms with Gasteiger partial charge in [-0.05, 0) is 70.0 Å². The Balaban J connectivity index is 1.59. The van der Waals surface area contributed by atoms with E-state index in [1.807, 2.05) is 10.7 Å². The van der Waals surface area contributed by atoms with Gasteiger partial charge in [0.2, 0.25) is 0 Å². The second kappa shape index (κ2) is 7.65. The van der Waals surface area contributed by atoms with Crippen molar-refractivity contribution >= 4 is 34.8 Å². The zero-order chi connectivity index (χ0) is 21.5. The summed E-state index contributed by atoms with van der Waals surface area (Å²) in [6, 6.07) is 9.88. The number of benzene rings is 1. The van der Waals surface area contributed by atoms with Crippen molar-refractivity contribution in [1.82, 2.24) is 9.78 Å². The maximum absolute atomic E-state index is 13.0. The van der Waals surface area contributed by atoms with E-state index in [4.69, 9.17) is 16.0 Å². The van der Waals surface area contributed by atoms with Crippen LogP contribution in [0.4, 0.5) is 11.4 Å². The van der Waals surface area contributed by atoms with Gasteiger partial charge in [-0.15, -0.1) is 0 Å². The average Bonchev–Trinajstić information content (AvgIpc) is 3.19. The van der Waals surface area contributed by atoms with E-state index in [-0.39, 0.29) is 17.2 Å². The molecule has 0 unspecified atom stereocenters. The number of aromatic nitrogens is 2. The number of carbonyl (C=O) groups excluding carboxylic acids is 2. The maximum Gasteiger partial charge on any atom is 0.291 e. The predicted molar refractivity (Wildman–Crippen MR) is 115 cm³/mol. The van der Waals surface area contributed by atoms with Crippen LogP contribution < -0.4 is 10.6 Å². The lowest BCUT2D eigenvalue weighted by molar-refractivity contribution is 0.0992. The molecule has 1 aliphatic rings. The zero-order valence-corrected chi connectivity index (χ0v) is 17.8. The minimum absolute atomic E-state index is 0.158. The van der Waals surface area contributed by atoms with Gasteiger partial charge in [0.05, 0.1) is 23.2 Å². The average molecular weight is 427 g/mol. The molecule has 7 nitrogen and oxygen atoms in total. The molecule has 1 saturated carbocycles. The summed E-state index contributed by atoms with van der Waals surface area (Å²) >= 11 is 6.09. The van der Waals surface area contributed by atoms with E-state index in [2.05, 4.69) is 36.5 Å². The first-order valence-corrected chi connectivity index (χ1v) is 10.2. The number of hydrogen-bond donors (Lipinski definition) is 2. The molecule has 2 amide bonds. The van der Waals surface area contributed by atoms with Crippen molar-refractivity contribution in [2.75, 3.05) is 10.6 Å². The molecule has 2 aromatic heterocycles. The predicted octanol–water partition coefficient (Wildman–Crippen LogP) is 5.27. The summed E-state index contributed by atoms with van der Waals surface area (Å²) in [5, 5.41) is 10.5. The molecule has 2 N–H and O–H groups in total. The van der Waals surface area contributed by atoms with Crippen LogP contribution in [-0.4, -0.2) is 21.6 Å². The van der Waals surface area contributed by atoms with Crippen molar-refractivity contribution in [2.45, 2.75) is 45.1 Å². The molecule has 0 atom stereocenters. The Morgan fingerprint density at radius 2 is 1.83 bits per heavy atom. The van der Waals surface area contributed by atoms with Gasteiger partial charge in [0, 0.05) is 16.6 Å². The van der Waals surface area contributed by atoms with Gasteiger partial charge in [0.1, 0.15) is 0 Å². The highest BCUT2D eigenvalue weighted by atomic mass is 35.5. The van der Waals surface area contributed by atoms with Crippen molar-refractivity contribution < 1.29 is 14.0 Å². The van der Waals surface area contributed by atoms with Gasteiger partial charge < -0.3 is 15.1 Å². The minimum Gasteiger partial charge on any atom is -0.459 e. The van der Waals surface area contributed by atoms with Crippen LogP contribution >= 0.6 is 11.6 Å². The quantitative estimate of drug-likeness (QED) is 0.581. The second-order valence-electron chi connectivity index (χ2n) is 8.39. The van der Waals surface area contributed by atoms with Crippen LogP contribution in [0.25, 0.3) is 0 Å². The summed E-state index contributed by atoms with van der Waals surface area (Å²) in [6.07, 6.45) is 3.64. The van der Waals surface area contributed by atoms with Crippen LogP contribution in [0.1, 0.15) is 66.3 Å². The Kier molecular flexibility index (Phi) is 5.15. The monoisotopic (exact) mass is 426 g/mol. The molecule has 0 bridgehead atoms. The molecule has 3 aromatic rings. The van der Waals surface area contributed by atoms with Crippen LogP contribution in [-0.2, 0) is 5.54 Å². The van der Waals surface area contributed by atoms with E-state index in [1.54, 1.807) is 30.3 Å². The Bertz CT molecular complexity index is 1090. The SMILES string of the molecule is CC(C)(C)n1nc(C(=O)Nc2ccc(Cl)cc2NC(=O)c2ccco2)cc1C1CC1. The van der Waals surface area contributed by atoms with Crippen molar-refractivity contribution in [1.29, 1.82) is 0 Å². The maximum atomic E-state index is 13.0. The lowest BCUT2D eigenvalue weighted by Gasteiger charge is -2.22. The van der Waals surface area contributed by atoms with Gasteiger partial charge >= 0.3 is 0 Å². The van der Waals surface area contributed by atoms with Crippen molar-refractivity contribution in [3.05, 3.63) is 64.8 Å². The first kappa shape index (κ1) is 20.2. The van der Waals surface area contributed by atoms with E-state index < -0.39 is 5.91 Å². The summed E-state index contributed by atoms with van der Waals surface area (Å²) in [6.45, 7) is 6.19. The van der Waals surface area contributed by atoms with Gasteiger partial charge in [-0.2, -0.15) is 5.10 Å². The van der Waals surface area contributed by atoms with E-state index in [0.717, 1.165) is 18.5 Å². The lowest BCUT2D eigenvalue weighted by atomic mass is 10.1. The van der Waals surface area contributed by atoms with Crippen LogP contribution in [0.5, 0.6) is 0 Å². The lowest BCUT2D eigenvalue weighted by Crippen LogP contribution is -2.26. The van der Waals surface area contributed by atoms with Gasteiger partial charge in [0.15, 0.2) is 11.5 Å². The fourth-order valence-electron chi connectivity index (χ4n) is 3.22. The van der Waals surface area contributed by atoms with Crippen molar-refractivity contribution in [3.63, 3.8) is 0 Å². The number of nitrogens with zero attached hydrogens (tertiary/aromatic N) is 2. The molecule has 0 saturated heterocycles. The fraction of sp³-hybridized carbons (Fsp3) is 0.318. The highest BCUT2D eigenvalue weighted by molar-refractivity contribution is 6.31. The summed E-state index contributed by atoms with van der Waals surface area (Å²) in [5.74, 6) is -0.177. The number of rotatable bonds is 5. The Hall–Kier alpha value is -3.06. The third-order valence-electron chi connectivity index (χ3n) is 4.82. The molecule has 1 fully saturated rings. The van der Waals surface area contributed by atoms with E-state index in [0.29, 0.717) is 28.0 Å². The molecule has 0 spiro atoms. The molecule has 4 rings (SSSR count). The molecule has 156 valence electrons. The number of carbonyl (C=O) groups is 2. The molecule has 1 aliphatic carbocycles. The first-order valence-electron chi connectivity index (χ1n) is 9.78. The van der Waals surface area contributed by atoms with Gasteiger partial charge in [0.25, 0.3) is 11.8 Å². The number of anilines is 2. The number of furan rings is 1. The van der Waals surface area contributed by atoms with Crippen molar-refractivity contribution in [3.8, 4) is 0 Å². The van der Waals surface area contributed by atoms with E-state index in [1.165, 1.54) is 6.26 Å². The summed E-state index contributed by atoms with van der Waals surface area (Å²) in [5.41, 5.74) is 1.98. The molecule has 1 aromatic carbocycles. The summed E-state index contributed by atoms with van der Waals surface area (Å²) in [4.78, 5) is 25.3. The van der Waals surface area contributed by atoms with Crippen molar-refractivity contribution in [2.24, 2.45) is 0 Å². The Morgan fingerprint density at radius 3 is 2.47 bits per heavy atom. The summed E-state index contributed by atoms with van der Waals surface area (Å²) in [7, 11) is 0. The van der Waals surface area contributed by atoms with Crippen LogP contribution in [0, 0.1) is 0 Å². The molecule has 0 radical (unpaired) electrons. The normalized spacial score (nSPS) is 13.9. The third kappa shape index (κ3) is 4.26. The van der Waals surface area contributed by atoms with Crippen LogP contribution in [0.15, 0.2) is 47.1 Å². The highest BCUT2D eigenvalue weighted by Gasteiger charge is 2.32. The smallest absolute Gasteiger partial charge is 0.291 e. The zero-order valence-electron chi connectivity index (χ0n) is 17.0. The van der Waals surface area contributed by atoms with Gasteiger partial charge in [-0.3, -0.25) is 14.3 Å². The van der Waals surface area contributed by atoms with Gasteiger partial charge in [-0.25, -0.2) is 0 Å². The standard InChI is InChI=1S/C22H23ClN4O3/c1-22(2,3)27-18(13-6-7-13)12-17(26-27)20(28)24-15-9-8-14(23)11-16(15)25-21(29)19-5-4-10-30-19/h4-5,8-13H,6-7H2,1-3H3,(H,24,28)(H,25,29). The molecular weight excluding hydrogens is 404 g/mol. The number of amides is 2. The third-order valence-corrected chi connectivity index (χ3v) is 5.06.